The Labute approximate surface area is 136 Å². The summed E-state index contributed by atoms with van der Waals surface area (Å²) in [6.07, 6.45) is 0.798. The van der Waals surface area contributed by atoms with Gasteiger partial charge in [0.15, 0.2) is 0 Å². The summed E-state index contributed by atoms with van der Waals surface area (Å²) in [7, 11) is 0. The molecule has 2 aromatic carbocycles. The standard InChI is InChI=1S/C15H14BrCl2NO/c1-2-13(11-7-9(16)3-6-15(11)20)19-14-8-10(17)4-5-12(14)18/h3-8,13,19-20H,2H2,1H3. The van der Waals surface area contributed by atoms with E-state index in [1.165, 1.54) is 0 Å². The molecule has 20 heavy (non-hydrogen) atoms. The summed E-state index contributed by atoms with van der Waals surface area (Å²) in [4.78, 5) is 0. The lowest BCUT2D eigenvalue weighted by Crippen LogP contribution is -2.10. The third-order valence-corrected chi connectivity index (χ3v) is 4.09. The minimum atomic E-state index is -0.0523. The molecule has 0 aromatic heterocycles. The summed E-state index contributed by atoms with van der Waals surface area (Å²) in [6.45, 7) is 2.04. The van der Waals surface area contributed by atoms with Crippen molar-refractivity contribution in [3.8, 4) is 5.75 Å². The zero-order valence-corrected chi connectivity index (χ0v) is 13.9. The Hall–Kier alpha value is -0.900. The van der Waals surface area contributed by atoms with E-state index in [1.807, 2.05) is 13.0 Å². The van der Waals surface area contributed by atoms with Crippen molar-refractivity contribution in [1.29, 1.82) is 0 Å². The van der Waals surface area contributed by atoms with E-state index < -0.39 is 0 Å². The molecule has 0 saturated carbocycles. The molecule has 0 saturated heterocycles. The van der Waals surface area contributed by atoms with Gasteiger partial charge in [0.25, 0.3) is 0 Å². The molecule has 2 N–H and O–H groups in total. The molecule has 0 aliphatic heterocycles. The van der Waals surface area contributed by atoms with Crippen molar-refractivity contribution in [2.24, 2.45) is 0 Å². The average Bonchev–Trinajstić information content (AvgIpc) is 2.42. The Kier molecular flexibility index (Phi) is 5.19. The van der Waals surface area contributed by atoms with Gasteiger partial charge in [-0.15, -0.1) is 0 Å². The van der Waals surface area contributed by atoms with E-state index in [0.717, 1.165) is 22.1 Å². The molecule has 2 rings (SSSR count). The van der Waals surface area contributed by atoms with Gasteiger partial charge in [-0.05, 0) is 42.8 Å². The highest BCUT2D eigenvalue weighted by Gasteiger charge is 2.15. The van der Waals surface area contributed by atoms with Gasteiger partial charge in [0, 0.05) is 15.1 Å². The van der Waals surface area contributed by atoms with Crippen LogP contribution in [0.2, 0.25) is 10.0 Å². The van der Waals surface area contributed by atoms with Gasteiger partial charge < -0.3 is 10.4 Å². The fourth-order valence-electron chi connectivity index (χ4n) is 2.00. The van der Waals surface area contributed by atoms with Crippen molar-refractivity contribution in [2.45, 2.75) is 19.4 Å². The fraction of sp³-hybridized carbons (Fsp3) is 0.200. The normalized spacial score (nSPS) is 12.2. The third-order valence-electron chi connectivity index (χ3n) is 3.03. The van der Waals surface area contributed by atoms with Crippen molar-refractivity contribution in [3.05, 3.63) is 56.5 Å². The molecule has 0 amide bonds. The molecule has 2 aromatic rings. The molecule has 0 heterocycles. The van der Waals surface area contributed by atoms with Crippen molar-refractivity contribution < 1.29 is 5.11 Å². The highest BCUT2D eigenvalue weighted by atomic mass is 79.9. The third kappa shape index (κ3) is 3.60. The molecule has 0 bridgehead atoms. The molecule has 0 radical (unpaired) electrons. The number of halogens is 3. The molecule has 0 aliphatic carbocycles. The second-order valence-corrected chi connectivity index (χ2v) is 6.19. The van der Waals surface area contributed by atoms with Crippen LogP contribution in [-0.4, -0.2) is 5.11 Å². The van der Waals surface area contributed by atoms with Crippen LogP contribution in [0.25, 0.3) is 0 Å². The summed E-state index contributed by atoms with van der Waals surface area (Å²) in [6, 6.07) is 10.6. The summed E-state index contributed by atoms with van der Waals surface area (Å²) >= 11 is 15.6. The van der Waals surface area contributed by atoms with E-state index in [-0.39, 0.29) is 11.8 Å². The van der Waals surface area contributed by atoms with Crippen LogP contribution in [0.15, 0.2) is 40.9 Å². The minimum Gasteiger partial charge on any atom is -0.508 e. The van der Waals surface area contributed by atoms with Crippen LogP contribution in [0.5, 0.6) is 5.75 Å². The molecule has 0 spiro atoms. The molecule has 1 unspecified atom stereocenters. The minimum absolute atomic E-state index is 0.0523. The summed E-state index contributed by atoms with van der Waals surface area (Å²) in [5, 5.41) is 14.6. The van der Waals surface area contributed by atoms with Crippen LogP contribution in [0.1, 0.15) is 24.9 Å². The molecule has 1 atom stereocenters. The highest BCUT2D eigenvalue weighted by molar-refractivity contribution is 9.10. The molecular formula is C15H14BrCl2NO. The fourth-order valence-corrected chi connectivity index (χ4v) is 2.72. The van der Waals surface area contributed by atoms with Crippen LogP contribution in [0.4, 0.5) is 5.69 Å². The maximum atomic E-state index is 10.0. The first-order valence-electron chi connectivity index (χ1n) is 6.21. The van der Waals surface area contributed by atoms with Crippen molar-refractivity contribution in [3.63, 3.8) is 0 Å². The van der Waals surface area contributed by atoms with E-state index in [9.17, 15) is 5.11 Å². The van der Waals surface area contributed by atoms with Gasteiger partial charge in [-0.3, -0.25) is 0 Å². The number of anilines is 1. The largest absolute Gasteiger partial charge is 0.508 e. The molecule has 5 heteroatoms. The Balaban J connectivity index is 2.33. The average molecular weight is 375 g/mol. The van der Waals surface area contributed by atoms with Crippen LogP contribution in [0, 0.1) is 0 Å². The Morgan fingerprint density at radius 3 is 2.65 bits per heavy atom. The summed E-state index contributed by atoms with van der Waals surface area (Å²) < 4.78 is 0.919. The predicted molar refractivity (Wildman–Crippen MR) is 88.9 cm³/mol. The van der Waals surface area contributed by atoms with Crippen LogP contribution < -0.4 is 5.32 Å². The van der Waals surface area contributed by atoms with Gasteiger partial charge in [-0.1, -0.05) is 46.1 Å². The van der Waals surface area contributed by atoms with Crippen molar-refractivity contribution in [1.82, 2.24) is 0 Å². The van der Waals surface area contributed by atoms with E-state index in [4.69, 9.17) is 23.2 Å². The molecule has 0 aliphatic rings. The number of hydrogen-bond donors (Lipinski definition) is 2. The smallest absolute Gasteiger partial charge is 0.120 e. The van der Waals surface area contributed by atoms with Gasteiger partial charge in [0.1, 0.15) is 5.75 Å². The second kappa shape index (κ2) is 6.70. The number of phenolic OH excluding ortho intramolecular Hbond substituents is 1. The summed E-state index contributed by atoms with van der Waals surface area (Å²) in [5.74, 6) is 0.255. The lowest BCUT2D eigenvalue weighted by atomic mass is 10.0. The number of benzene rings is 2. The molecule has 106 valence electrons. The van der Waals surface area contributed by atoms with E-state index in [1.54, 1.807) is 30.3 Å². The molecule has 2 nitrogen and oxygen atoms in total. The van der Waals surface area contributed by atoms with E-state index in [0.29, 0.717) is 10.0 Å². The first kappa shape index (κ1) is 15.5. The lowest BCUT2D eigenvalue weighted by molar-refractivity contribution is 0.462. The maximum Gasteiger partial charge on any atom is 0.120 e. The van der Waals surface area contributed by atoms with E-state index in [2.05, 4.69) is 21.2 Å². The molecule has 0 fully saturated rings. The lowest BCUT2D eigenvalue weighted by Gasteiger charge is -2.21. The van der Waals surface area contributed by atoms with Crippen molar-refractivity contribution >= 4 is 44.8 Å². The zero-order chi connectivity index (χ0) is 14.7. The zero-order valence-electron chi connectivity index (χ0n) is 10.8. The highest BCUT2D eigenvalue weighted by Crippen LogP contribution is 2.34. The number of rotatable bonds is 4. The topological polar surface area (TPSA) is 32.3 Å². The van der Waals surface area contributed by atoms with E-state index >= 15 is 0 Å². The number of nitrogens with one attached hydrogen (secondary N) is 1. The Bertz CT molecular complexity index is 619. The summed E-state index contributed by atoms with van der Waals surface area (Å²) in [5.41, 5.74) is 1.57. The second-order valence-electron chi connectivity index (χ2n) is 4.43. The predicted octanol–water partition coefficient (Wildman–Crippen LogP) is 6.02. The van der Waals surface area contributed by atoms with Gasteiger partial charge >= 0.3 is 0 Å². The van der Waals surface area contributed by atoms with Gasteiger partial charge in [0.05, 0.1) is 16.8 Å². The van der Waals surface area contributed by atoms with Crippen LogP contribution >= 0.6 is 39.1 Å². The first-order chi connectivity index (χ1) is 9.51. The van der Waals surface area contributed by atoms with Gasteiger partial charge in [-0.2, -0.15) is 0 Å². The maximum absolute atomic E-state index is 10.0. The van der Waals surface area contributed by atoms with Gasteiger partial charge in [-0.25, -0.2) is 0 Å². The number of phenols is 1. The molecular weight excluding hydrogens is 361 g/mol. The number of aromatic hydroxyl groups is 1. The monoisotopic (exact) mass is 373 g/mol. The quantitative estimate of drug-likeness (QED) is 0.685. The Morgan fingerprint density at radius 2 is 1.95 bits per heavy atom. The van der Waals surface area contributed by atoms with Crippen LogP contribution in [0.3, 0.4) is 0 Å². The van der Waals surface area contributed by atoms with Crippen molar-refractivity contribution in [2.75, 3.05) is 5.32 Å². The SMILES string of the molecule is CCC(Nc1cc(Cl)ccc1Cl)c1cc(Br)ccc1O. The van der Waals surface area contributed by atoms with Gasteiger partial charge in [0.2, 0.25) is 0 Å². The number of hydrogen-bond acceptors (Lipinski definition) is 2. The van der Waals surface area contributed by atoms with Crippen LogP contribution in [-0.2, 0) is 0 Å². The first-order valence-corrected chi connectivity index (χ1v) is 7.76. The Morgan fingerprint density at radius 1 is 1.20 bits per heavy atom.